The number of aromatic nitrogens is 2. The fourth-order valence-electron chi connectivity index (χ4n) is 2.33. The van der Waals surface area contributed by atoms with Gasteiger partial charge in [-0.3, -0.25) is 9.78 Å². The molecular weight excluding hydrogens is 314 g/mol. The van der Waals surface area contributed by atoms with Crippen molar-refractivity contribution in [3.63, 3.8) is 0 Å². The highest BCUT2D eigenvalue weighted by molar-refractivity contribution is 5.94. The van der Waals surface area contributed by atoms with Gasteiger partial charge in [-0.05, 0) is 42.0 Å². The number of ether oxygens (including phenoxy) is 1. The van der Waals surface area contributed by atoms with Crippen molar-refractivity contribution in [2.24, 2.45) is 0 Å². The molecule has 3 aromatic rings. The van der Waals surface area contributed by atoms with Gasteiger partial charge in [-0.2, -0.15) is 0 Å². The molecule has 0 unspecified atom stereocenters. The lowest BCUT2D eigenvalue weighted by Gasteiger charge is -2.08. The SMILES string of the molecule is C#CCCOc1cccc(CNC(=O)c2ccc3ncccc3n2)c1. The first-order valence-corrected chi connectivity index (χ1v) is 7.91. The fourth-order valence-corrected chi connectivity index (χ4v) is 2.33. The van der Waals surface area contributed by atoms with Crippen LogP contribution in [0.2, 0.25) is 0 Å². The van der Waals surface area contributed by atoms with E-state index in [0.717, 1.165) is 16.8 Å². The minimum Gasteiger partial charge on any atom is -0.493 e. The monoisotopic (exact) mass is 331 g/mol. The van der Waals surface area contributed by atoms with Gasteiger partial charge in [-0.1, -0.05) is 12.1 Å². The average Bonchev–Trinajstić information content (AvgIpc) is 2.66. The number of rotatable bonds is 6. The molecule has 2 heterocycles. The molecule has 0 radical (unpaired) electrons. The summed E-state index contributed by atoms with van der Waals surface area (Å²) >= 11 is 0. The summed E-state index contributed by atoms with van der Waals surface area (Å²) in [5.74, 6) is 3.03. The van der Waals surface area contributed by atoms with Crippen LogP contribution in [0.5, 0.6) is 5.75 Å². The summed E-state index contributed by atoms with van der Waals surface area (Å²) in [6.07, 6.45) is 7.46. The van der Waals surface area contributed by atoms with E-state index in [-0.39, 0.29) is 5.91 Å². The zero-order valence-corrected chi connectivity index (χ0v) is 13.6. The second-order valence-corrected chi connectivity index (χ2v) is 5.37. The summed E-state index contributed by atoms with van der Waals surface area (Å²) in [6.45, 7) is 0.860. The van der Waals surface area contributed by atoms with Crippen molar-refractivity contribution >= 4 is 16.9 Å². The van der Waals surface area contributed by atoms with Gasteiger partial charge in [0.25, 0.3) is 5.91 Å². The van der Waals surface area contributed by atoms with Crippen molar-refractivity contribution in [3.8, 4) is 18.1 Å². The van der Waals surface area contributed by atoms with E-state index >= 15 is 0 Å². The summed E-state index contributed by atoms with van der Waals surface area (Å²) < 4.78 is 5.55. The normalized spacial score (nSPS) is 10.2. The Morgan fingerprint density at radius 2 is 2.08 bits per heavy atom. The third kappa shape index (κ3) is 4.33. The first-order chi connectivity index (χ1) is 12.3. The number of carbonyl (C=O) groups excluding carboxylic acids is 1. The topological polar surface area (TPSA) is 64.1 Å². The lowest BCUT2D eigenvalue weighted by molar-refractivity contribution is 0.0946. The molecular formula is C20H17N3O2. The van der Waals surface area contributed by atoms with Crippen LogP contribution in [0, 0.1) is 12.3 Å². The largest absolute Gasteiger partial charge is 0.493 e. The van der Waals surface area contributed by atoms with Gasteiger partial charge in [0.05, 0.1) is 17.6 Å². The fraction of sp³-hybridized carbons (Fsp3) is 0.150. The van der Waals surface area contributed by atoms with Gasteiger partial charge in [0.1, 0.15) is 11.4 Å². The van der Waals surface area contributed by atoms with Gasteiger partial charge in [-0.15, -0.1) is 12.3 Å². The smallest absolute Gasteiger partial charge is 0.270 e. The summed E-state index contributed by atoms with van der Waals surface area (Å²) in [4.78, 5) is 20.8. The number of pyridine rings is 2. The minimum atomic E-state index is -0.232. The molecule has 0 atom stereocenters. The molecule has 124 valence electrons. The number of hydrogen-bond acceptors (Lipinski definition) is 4. The lowest BCUT2D eigenvalue weighted by Crippen LogP contribution is -2.23. The third-order valence-corrected chi connectivity index (χ3v) is 3.56. The highest BCUT2D eigenvalue weighted by Gasteiger charge is 2.08. The van der Waals surface area contributed by atoms with Crippen molar-refractivity contribution in [2.75, 3.05) is 6.61 Å². The maximum Gasteiger partial charge on any atom is 0.270 e. The minimum absolute atomic E-state index is 0.232. The molecule has 2 aromatic heterocycles. The number of carbonyl (C=O) groups is 1. The molecule has 0 aliphatic rings. The molecule has 1 aromatic carbocycles. The Labute approximate surface area is 146 Å². The third-order valence-electron chi connectivity index (χ3n) is 3.56. The van der Waals surface area contributed by atoms with Crippen molar-refractivity contribution in [3.05, 3.63) is 66.0 Å². The van der Waals surface area contributed by atoms with Gasteiger partial charge in [0, 0.05) is 19.2 Å². The van der Waals surface area contributed by atoms with Gasteiger partial charge in [0.2, 0.25) is 0 Å². The van der Waals surface area contributed by atoms with E-state index in [1.807, 2.05) is 30.3 Å². The van der Waals surface area contributed by atoms with E-state index in [1.165, 1.54) is 0 Å². The van der Waals surface area contributed by atoms with Crippen LogP contribution in [0.4, 0.5) is 0 Å². The number of terminal acetylenes is 1. The van der Waals surface area contributed by atoms with Gasteiger partial charge < -0.3 is 10.1 Å². The number of nitrogens with zero attached hydrogens (tertiary/aromatic N) is 2. The molecule has 0 saturated carbocycles. The molecule has 0 aliphatic carbocycles. The molecule has 5 heteroatoms. The molecule has 1 N–H and O–H groups in total. The highest BCUT2D eigenvalue weighted by Crippen LogP contribution is 2.14. The van der Waals surface area contributed by atoms with Gasteiger partial charge in [0.15, 0.2) is 0 Å². The summed E-state index contributed by atoms with van der Waals surface area (Å²) in [5, 5.41) is 2.86. The molecule has 3 rings (SSSR count). The maximum absolute atomic E-state index is 12.3. The van der Waals surface area contributed by atoms with Crippen LogP contribution < -0.4 is 10.1 Å². The molecule has 1 amide bonds. The molecule has 0 saturated heterocycles. The van der Waals surface area contributed by atoms with Crippen LogP contribution in [-0.2, 0) is 6.54 Å². The van der Waals surface area contributed by atoms with Crippen molar-refractivity contribution in [1.29, 1.82) is 0 Å². The van der Waals surface area contributed by atoms with E-state index in [9.17, 15) is 4.79 Å². The molecule has 0 bridgehead atoms. The Balaban J connectivity index is 1.63. The summed E-state index contributed by atoms with van der Waals surface area (Å²) in [6, 6.07) is 14.6. The average molecular weight is 331 g/mol. The van der Waals surface area contributed by atoms with Crippen LogP contribution in [0.15, 0.2) is 54.7 Å². The molecule has 25 heavy (non-hydrogen) atoms. The van der Waals surface area contributed by atoms with Crippen LogP contribution in [0.25, 0.3) is 11.0 Å². The summed E-state index contributed by atoms with van der Waals surface area (Å²) in [7, 11) is 0. The molecule has 0 fully saturated rings. The number of benzene rings is 1. The predicted octanol–water partition coefficient (Wildman–Crippen LogP) is 2.96. The summed E-state index contributed by atoms with van der Waals surface area (Å²) in [5.41, 5.74) is 2.76. The first kappa shape index (κ1) is 16.5. The van der Waals surface area contributed by atoms with Crippen LogP contribution in [0.3, 0.4) is 0 Å². The lowest BCUT2D eigenvalue weighted by atomic mass is 10.2. The van der Waals surface area contributed by atoms with E-state index < -0.39 is 0 Å². The Morgan fingerprint density at radius 1 is 1.16 bits per heavy atom. The zero-order chi connectivity index (χ0) is 17.5. The van der Waals surface area contributed by atoms with Gasteiger partial charge in [-0.25, -0.2) is 4.98 Å². The number of nitrogens with one attached hydrogen (secondary N) is 1. The van der Waals surface area contributed by atoms with Crippen molar-refractivity contribution in [2.45, 2.75) is 13.0 Å². The molecule has 0 spiro atoms. The second kappa shape index (κ2) is 7.93. The Bertz CT molecular complexity index is 931. The van der Waals surface area contributed by atoms with E-state index in [2.05, 4.69) is 21.2 Å². The van der Waals surface area contributed by atoms with E-state index in [1.54, 1.807) is 24.4 Å². The number of amides is 1. The standard InChI is InChI=1S/C20H17N3O2/c1-2-3-12-25-16-7-4-6-15(13-16)14-22-20(24)19-10-9-17-18(23-19)8-5-11-21-17/h1,4-11,13H,3,12,14H2,(H,22,24). The zero-order valence-electron chi connectivity index (χ0n) is 13.6. The van der Waals surface area contributed by atoms with Crippen molar-refractivity contribution in [1.82, 2.24) is 15.3 Å². The quantitative estimate of drug-likeness (QED) is 0.557. The number of hydrogen-bond donors (Lipinski definition) is 1. The van der Waals surface area contributed by atoms with Crippen molar-refractivity contribution < 1.29 is 9.53 Å². The first-order valence-electron chi connectivity index (χ1n) is 7.91. The molecule has 5 nitrogen and oxygen atoms in total. The maximum atomic E-state index is 12.3. The highest BCUT2D eigenvalue weighted by atomic mass is 16.5. The van der Waals surface area contributed by atoms with Gasteiger partial charge >= 0.3 is 0 Å². The Hall–Kier alpha value is -3.39. The van der Waals surface area contributed by atoms with Crippen LogP contribution >= 0.6 is 0 Å². The second-order valence-electron chi connectivity index (χ2n) is 5.37. The van der Waals surface area contributed by atoms with Crippen LogP contribution in [0.1, 0.15) is 22.5 Å². The van der Waals surface area contributed by atoms with E-state index in [4.69, 9.17) is 11.2 Å². The number of fused-ring (bicyclic) bond motifs is 1. The van der Waals surface area contributed by atoms with E-state index in [0.29, 0.717) is 30.8 Å². The Kier molecular flexibility index (Phi) is 5.22. The predicted molar refractivity (Wildman–Crippen MR) is 96.1 cm³/mol. The molecule has 0 aliphatic heterocycles. The van der Waals surface area contributed by atoms with Crippen LogP contribution in [-0.4, -0.2) is 22.5 Å². The Morgan fingerprint density at radius 3 is 2.96 bits per heavy atom.